The first kappa shape index (κ1) is 11.0. The van der Waals surface area contributed by atoms with Crippen LogP contribution in [-0.2, 0) is 7.05 Å². The van der Waals surface area contributed by atoms with E-state index in [-0.39, 0.29) is 5.41 Å². The molecular formula is C11H17BrN2O. The lowest BCUT2D eigenvalue weighted by molar-refractivity contribution is -0.0243. The molecule has 3 unspecified atom stereocenters. The third kappa shape index (κ3) is 1.80. The van der Waals surface area contributed by atoms with Crippen molar-refractivity contribution in [3.8, 4) is 5.75 Å². The predicted octanol–water partition coefficient (Wildman–Crippen LogP) is 2.75. The molecule has 1 aliphatic carbocycles. The highest BCUT2D eigenvalue weighted by Gasteiger charge is 2.50. The summed E-state index contributed by atoms with van der Waals surface area (Å²) in [5, 5.41) is 4.10. The molecule has 0 radical (unpaired) electrons. The quantitative estimate of drug-likeness (QED) is 0.792. The summed E-state index contributed by atoms with van der Waals surface area (Å²) in [5.41, 5.74) is 0.260. The monoisotopic (exact) mass is 272 g/mol. The molecule has 84 valence electrons. The maximum Gasteiger partial charge on any atom is 0.157 e. The molecule has 0 amide bonds. The number of nitrogens with zero attached hydrogens (tertiary/aromatic N) is 2. The largest absolute Gasteiger partial charge is 0.486 e. The molecular weight excluding hydrogens is 256 g/mol. The molecule has 1 fully saturated rings. The molecule has 0 saturated heterocycles. The number of rotatable bonds is 3. The first-order chi connectivity index (χ1) is 7.06. The Balaban J connectivity index is 2.02. The Bertz CT molecular complexity index is 352. The minimum absolute atomic E-state index is 0.260. The Morgan fingerprint density at radius 3 is 2.93 bits per heavy atom. The van der Waals surface area contributed by atoms with Crippen LogP contribution < -0.4 is 4.74 Å². The topological polar surface area (TPSA) is 27.1 Å². The summed E-state index contributed by atoms with van der Waals surface area (Å²) in [6, 6.07) is 0. The fourth-order valence-corrected chi connectivity index (χ4v) is 2.98. The number of hydrogen-bond acceptors (Lipinski definition) is 2. The van der Waals surface area contributed by atoms with Crippen LogP contribution in [0, 0.1) is 5.41 Å². The Hall–Kier alpha value is -0.510. The van der Waals surface area contributed by atoms with Gasteiger partial charge in [-0.15, -0.1) is 0 Å². The molecule has 1 saturated carbocycles. The van der Waals surface area contributed by atoms with Gasteiger partial charge in [0.2, 0.25) is 0 Å². The molecule has 4 heteroatoms. The van der Waals surface area contributed by atoms with E-state index in [1.165, 1.54) is 0 Å². The van der Waals surface area contributed by atoms with Crippen LogP contribution in [0.25, 0.3) is 0 Å². The summed E-state index contributed by atoms with van der Waals surface area (Å²) in [6.07, 6.45) is 6.22. The Morgan fingerprint density at radius 1 is 1.73 bits per heavy atom. The molecule has 1 aromatic rings. The summed E-state index contributed by atoms with van der Waals surface area (Å²) in [7, 11) is 1.90. The summed E-state index contributed by atoms with van der Waals surface area (Å²) >= 11 is 3.70. The molecule has 0 aliphatic heterocycles. The second-order valence-electron chi connectivity index (χ2n) is 4.52. The maximum atomic E-state index is 5.93. The molecule has 3 atom stereocenters. The highest BCUT2D eigenvalue weighted by atomic mass is 79.9. The molecule has 1 heterocycles. The van der Waals surface area contributed by atoms with Crippen molar-refractivity contribution in [1.82, 2.24) is 9.78 Å². The number of ether oxygens (including phenoxy) is 1. The van der Waals surface area contributed by atoms with E-state index < -0.39 is 0 Å². The fraction of sp³-hybridized carbons (Fsp3) is 0.727. The molecule has 3 nitrogen and oxygen atoms in total. The number of hydrogen-bond donors (Lipinski definition) is 0. The normalized spacial score (nSPS) is 34.9. The van der Waals surface area contributed by atoms with Gasteiger partial charge in [0.05, 0.1) is 12.4 Å². The summed E-state index contributed by atoms with van der Waals surface area (Å²) in [4.78, 5) is 0.580. The lowest BCUT2D eigenvalue weighted by Crippen LogP contribution is -2.54. The maximum absolute atomic E-state index is 5.93. The van der Waals surface area contributed by atoms with Gasteiger partial charge >= 0.3 is 0 Å². The molecule has 1 aliphatic rings. The zero-order valence-corrected chi connectivity index (χ0v) is 11.0. The van der Waals surface area contributed by atoms with E-state index in [1.54, 1.807) is 10.9 Å². The molecule has 2 rings (SSSR count). The SMILES string of the molecule is CCC1(C)C(Br)CC1Oc1cnn(C)c1. The molecule has 1 aromatic heterocycles. The Labute approximate surface area is 98.9 Å². The highest BCUT2D eigenvalue weighted by molar-refractivity contribution is 9.09. The van der Waals surface area contributed by atoms with Crippen molar-refractivity contribution in [2.45, 2.75) is 37.6 Å². The summed E-state index contributed by atoms with van der Waals surface area (Å²) in [6.45, 7) is 4.49. The smallest absolute Gasteiger partial charge is 0.157 e. The van der Waals surface area contributed by atoms with Gasteiger partial charge in [0.1, 0.15) is 6.10 Å². The average molecular weight is 273 g/mol. The van der Waals surface area contributed by atoms with Gasteiger partial charge in [-0.25, -0.2) is 0 Å². The van der Waals surface area contributed by atoms with Crippen molar-refractivity contribution in [2.75, 3.05) is 0 Å². The molecule has 0 N–H and O–H groups in total. The molecule has 0 bridgehead atoms. The third-order valence-corrected chi connectivity index (χ3v) is 5.01. The van der Waals surface area contributed by atoms with E-state index in [0.29, 0.717) is 10.9 Å². The second-order valence-corrected chi connectivity index (χ2v) is 5.62. The van der Waals surface area contributed by atoms with Gasteiger partial charge in [0.15, 0.2) is 5.75 Å². The minimum atomic E-state index is 0.260. The number of alkyl halides is 1. The van der Waals surface area contributed by atoms with Crippen molar-refractivity contribution < 1.29 is 4.74 Å². The lowest BCUT2D eigenvalue weighted by Gasteiger charge is -2.50. The molecule has 0 spiro atoms. The van der Waals surface area contributed by atoms with Gasteiger partial charge in [0, 0.05) is 17.3 Å². The van der Waals surface area contributed by atoms with Crippen LogP contribution in [0.1, 0.15) is 26.7 Å². The lowest BCUT2D eigenvalue weighted by atomic mass is 9.66. The highest BCUT2D eigenvalue weighted by Crippen LogP contribution is 2.49. The standard InChI is InChI=1S/C11H17BrN2O/c1-4-11(2)9(12)5-10(11)15-8-6-13-14(3)7-8/h6-7,9-10H,4-5H2,1-3H3. The number of halogens is 1. The minimum Gasteiger partial charge on any atom is -0.486 e. The van der Waals surface area contributed by atoms with Gasteiger partial charge in [0.25, 0.3) is 0 Å². The van der Waals surface area contributed by atoms with Crippen LogP contribution >= 0.6 is 15.9 Å². The van der Waals surface area contributed by atoms with Crippen LogP contribution in [0.4, 0.5) is 0 Å². The van der Waals surface area contributed by atoms with Crippen molar-refractivity contribution in [2.24, 2.45) is 12.5 Å². The van der Waals surface area contributed by atoms with E-state index in [9.17, 15) is 0 Å². The van der Waals surface area contributed by atoms with Crippen molar-refractivity contribution in [3.05, 3.63) is 12.4 Å². The van der Waals surface area contributed by atoms with Crippen LogP contribution in [0.3, 0.4) is 0 Å². The summed E-state index contributed by atoms with van der Waals surface area (Å²) < 4.78 is 7.70. The van der Waals surface area contributed by atoms with Crippen LogP contribution in [0.2, 0.25) is 0 Å². The molecule has 0 aromatic carbocycles. The van der Waals surface area contributed by atoms with Crippen LogP contribution in [0.15, 0.2) is 12.4 Å². The van der Waals surface area contributed by atoms with Crippen LogP contribution in [-0.4, -0.2) is 20.7 Å². The van der Waals surface area contributed by atoms with E-state index in [0.717, 1.165) is 18.6 Å². The van der Waals surface area contributed by atoms with Gasteiger partial charge in [-0.2, -0.15) is 5.10 Å². The second kappa shape index (κ2) is 3.81. The van der Waals surface area contributed by atoms with Gasteiger partial charge in [-0.1, -0.05) is 29.8 Å². The van der Waals surface area contributed by atoms with Crippen molar-refractivity contribution >= 4 is 15.9 Å². The van der Waals surface area contributed by atoms with E-state index in [4.69, 9.17) is 4.74 Å². The van der Waals surface area contributed by atoms with E-state index in [2.05, 4.69) is 34.9 Å². The zero-order valence-electron chi connectivity index (χ0n) is 9.40. The Morgan fingerprint density at radius 2 is 2.47 bits per heavy atom. The van der Waals surface area contributed by atoms with Crippen LogP contribution in [0.5, 0.6) is 5.75 Å². The number of aromatic nitrogens is 2. The first-order valence-electron chi connectivity index (χ1n) is 5.35. The van der Waals surface area contributed by atoms with Gasteiger partial charge < -0.3 is 4.74 Å². The van der Waals surface area contributed by atoms with E-state index >= 15 is 0 Å². The van der Waals surface area contributed by atoms with Crippen molar-refractivity contribution in [3.63, 3.8) is 0 Å². The van der Waals surface area contributed by atoms with Gasteiger partial charge in [-0.05, 0) is 12.8 Å². The zero-order chi connectivity index (χ0) is 11.1. The molecule has 15 heavy (non-hydrogen) atoms. The third-order valence-electron chi connectivity index (χ3n) is 3.59. The van der Waals surface area contributed by atoms with E-state index in [1.807, 2.05) is 13.2 Å². The predicted molar refractivity (Wildman–Crippen MR) is 63.4 cm³/mol. The summed E-state index contributed by atoms with van der Waals surface area (Å²) in [5.74, 6) is 0.876. The van der Waals surface area contributed by atoms with Crippen molar-refractivity contribution in [1.29, 1.82) is 0 Å². The van der Waals surface area contributed by atoms with Gasteiger partial charge in [-0.3, -0.25) is 4.68 Å². The fourth-order valence-electron chi connectivity index (χ4n) is 2.02. The average Bonchev–Trinajstić information content (AvgIpc) is 2.62. The number of aryl methyl sites for hydroxylation is 1. The first-order valence-corrected chi connectivity index (χ1v) is 6.27. The Kier molecular flexibility index (Phi) is 2.79.